The Bertz CT molecular complexity index is 983. The van der Waals surface area contributed by atoms with Crippen LogP contribution in [0.5, 0.6) is 0 Å². The van der Waals surface area contributed by atoms with E-state index in [0.29, 0.717) is 21.3 Å². The number of thiocarbonyl (C=S) groups is 1. The predicted molar refractivity (Wildman–Crippen MR) is 104 cm³/mol. The van der Waals surface area contributed by atoms with E-state index in [1.54, 1.807) is 12.1 Å². The Morgan fingerprint density at radius 3 is 2.46 bits per heavy atom. The van der Waals surface area contributed by atoms with Gasteiger partial charge in [-0.15, -0.1) is 4.83 Å². The van der Waals surface area contributed by atoms with Crippen LogP contribution < -0.4 is 15.6 Å². The van der Waals surface area contributed by atoms with Gasteiger partial charge in [0, 0.05) is 17.3 Å². The highest BCUT2D eigenvalue weighted by molar-refractivity contribution is 7.89. The fourth-order valence-corrected chi connectivity index (χ4v) is 3.26. The van der Waals surface area contributed by atoms with E-state index in [1.807, 2.05) is 4.83 Å². The molecule has 0 aliphatic heterocycles. The molecule has 0 atom stereocenters. The molecule has 0 saturated heterocycles. The lowest BCUT2D eigenvalue weighted by atomic mass is 10.2. The Hall–Kier alpha value is -1.98. The van der Waals surface area contributed by atoms with Gasteiger partial charge in [0.25, 0.3) is 15.7 Å². The number of hydrogen-bond acceptors (Lipinski definition) is 5. The lowest BCUT2D eigenvalue weighted by Crippen LogP contribution is -2.43. The van der Waals surface area contributed by atoms with Gasteiger partial charge in [-0.2, -0.15) is 0 Å². The standard InChI is InChI=1S/C14H12Cl2N4O4S2/c1-8-2-4-10(7-13(8)20(21)22)26(23,24)19-18-14(25)17-9-3-5-11(15)12(16)6-9/h2-7,19H,1H3,(H2,17,18,25). The summed E-state index contributed by atoms with van der Waals surface area (Å²) in [7, 11) is -4.08. The van der Waals surface area contributed by atoms with E-state index in [-0.39, 0.29) is 15.7 Å². The summed E-state index contributed by atoms with van der Waals surface area (Å²) in [6.07, 6.45) is 0. The van der Waals surface area contributed by atoms with Crippen molar-refractivity contribution in [1.82, 2.24) is 10.3 Å². The average molecular weight is 435 g/mol. The molecule has 3 N–H and O–H groups in total. The molecule has 2 aromatic carbocycles. The molecular weight excluding hydrogens is 423 g/mol. The molecule has 26 heavy (non-hydrogen) atoms. The normalized spacial score (nSPS) is 11.0. The van der Waals surface area contributed by atoms with Crippen molar-refractivity contribution < 1.29 is 13.3 Å². The highest BCUT2D eigenvalue weighted by Crippen LogP contribution is 2.25. The van der Waals surface area contributed by atoms with Crippen molar-refractivity contribution in [2.75, 3.05) is 5.32 Å². The zero-order chi connectivity index (χ0) is 19.5. The van der Waals surface area contributed by atoms with Crippen molar-refractivity contribution in [2.24, 2.45) is 0 Å². The second kappa shape index (κ2) is 8.14. The van der Waals surface area contributed by atoms with Crippen LogP contribution >= 0.6 is 35.4 Å². The number of hydrogen-bond donors (Lipinski definition) is 3. The maximum Gasteiger partial charge on any atom is 0.273 e. The van der Waals surface area contributed by atoms with E-state index in [1.165, 1.54) is 25.1 Å². The lowest BCUT2D eigenvalue weighted by Gasteiger charge is -2.12. The van der Waals surface area contributed by atoms with E-state index < -0.39 is 14.9 Å². The van der Waals surface area contributed by atoms with Gasteiger partial charge in [0.2, 0.25) is 0 Å². The van der Waals surface area contributed by atoms with Crippen molar-refractivity contribution in [3.8, 4) is 0 Å². The zero-order valence-electron chi connectivity index (χ0n) is 13.1. The molecule has 0 spiro atoms. The van der Waals surface area contributed by atoms with Crippen LogP contribution in [-0.2, 0) is 10.0 Å². The predicted octanol–water partition coefficient (Wildman–Crippen LogP) is 3.39. The van der Waals surface area contributed by atoms with Gasteiger partial charge in [-0.1, -0.05) is 29.3 Å². The van der Waals surface area contributed by atoms with E-state index in [4.69, 9.17) is 35.4 Å². The number of rotatable bonds is 5. The minimum atomic E-state index is -4.08. The molecule has 8 nitrogen and oxygen atoms in total. The summed E-state index contributed by atoms with van der Waals surface area (Å²) < 4.78 is 24.5. The summed E-state index contributed by atoms with van der Waals surface area (Å²) in [4.78, 5) is 12.1. The monoisotopic (exact) mass is 434 g/mol. The summed E-state index contributed by atoms with van der Waals surface area (Å²) in [5, 5.41) is 14.3. The highest BCUT2D eigenvalue weighted by atomic mass is 35.5. The number of nitro benzene ring substituents is 1. The summed E-state index contributed by atoms with van der Waals surface area (Å²) in [6, 6.07) is 8.22. The second-order valence-electron chi connectivity index (χ2n) is 5.02. The summed E-state index contributed by atoms with van der Waals surface area (Å²) >= 11 is 16.7. The van der Waals surface area contributed by atoms with Crippen LogP contribution in [0.25, 0.3) is 0 Å². The molecule has 138 valence electrons. The highest BCUT2D eigenvalue weighted by Gasteiger charge is 2.20. The first kappa shape index (κ1) is 20.3. The van der Waals surface area contributed by atoms with Gasteiger partial charge in [-0.25, -0.2) is 8.42 Å². The minimum Gasteiger partial charge on any atom is -0.332 e. The smallest absolute Gasteiger partial charge is 0.273 e. The van der Waals surface area contributed by atoms with Gasteiger partial charge in [0.05, 0.1) is 19.9 Å². The van der Waals surface area contributed by atoms with Crippen molar-refractivity contribution in [3.05, 3.63) is 62.1 Å². The third-order valence-electron chi connectivity index (χ3n) is 3.16. The largest absolute Gasteiger partial charge is 0.332 e. The molecule has 0 saturated carbocycles. The molecule has 0 fully saturated rings. The number of halogens is 2. The molecule has 0 heterocycles. The van der Waals surface area contributed by atoms with Crippen LogP contribution in [0.2, 0.25) is 10.0 Å². The molecular formula is C14H12Cl2N4O4S2. The molecule has 2 rings (SSSR count). The van der Waals surface area contributed by atoms with E-state index >= 15 is 0 Å². The second-order valence-corrected chi connectivity index (χ2v) is 7.92. The Balaban J connectivity index is 2.07. The number of benzene rings is 2. The molecule has 2 aromatic rings. The number of hydrazine groups is 1. The van der Waals surface area contributed by atoms with E-state index in [0.717, 1.165) is 6.07 Å². The van der Waals surface area contributed by atoms with Crippen LogP contribution in [0, 0.1) is 17.0 Å². The summed E-state index contributed by atoms with van der Waals surface area (Å²) in [5.74, 6) is 0. The first-order valence-electron chi connectivity index (χ1n) is 6.89. The van der Waals surface area contributed by atoms with Gasteiger partial charge >= 0.3 is 0 Å². The lowest BCUT2D eigenvalue weighted by molar-refractivity contribution is -0.385. The first-order chi connectivity index (χ1) is 12.1. The molecule has 0 radical (unpaired) electrons. The fraction of sp³-hybridized carbons (Fsp3) is 0.0714. The number of nitrogens with one attached hydrogen (secondary N) is 3. The summed E-state index contributed by atoms with van der Waals surface area (Å²) in [6.45, 7) is 1.51. The van der Waals surface area contributed by atoms with E-state index in [9.17, 15) is 18.5 Å². The quantitative estimate of drug-likeness (QED) is 0.375. The van der Waals surface area contributed by atoms with Crippen molar-refractivity contribution >= 4 is 61.9 Å². The molecule has 0 bridgehead atoms. The van der Waals surface area contributed by atoms with Crippen molar-refractivity contribution in [2.45, 2.75) is 11.8 Å². The van der Waals surface area contributed by atoms with Gasteiger partial charge < -0.3 is 5.32 Å². The minimum absolute atomic E-state index is 0.0615. The van der Waals surface area contributed by atoms with Crippen LogP contribution in [0.3, 0.4) is 0 Å². The van der Waals surface area contributed by atoms with Crippen LogP contribution in [0.1, 0.15) is 5.56 Å². The number of nitro groups is 1. The number of sulfonamides is 1. The Kier molecular flexibility index (Phi) is 6.37. The van der Waals surface area contributed by atoms with Gasteiger partial charge in [-0.3, -0.25) is 15.5 Å². The summed E-state index contributed by atoms with van der Waals surface area (Å²) in [5.41, 5.74) is 2.84. The first-order valence-corrected chi connectivity index (χ1v) is 9.54. The Labute approximate surface area is 164 Å². The molecule has 0 aromatic heterocycles. The van der Waals surface area contributed by atoms with Crippen LogP contribution in [0.15, 0.2) is 41.3 Å². The van der Waals surface area contributed by atoms with Gasteiger partial charge in [0.1, 0.15) is 0 Å². The molecule has 0 amide bonds. The third kappa shape index (κ3) is 5.02. The molecule has 0 aliphatic rings. The van der Waals surface area contributed by atoms with Gasteiger partial charge in [-0.05, 0) is 43.4 Å². The molecule has 12 heteroatoms. The Morgan fingerprint density at radius 2 is 1.85 bits per heavy atom. The number of nitrogens with zero attached hydrogens (tertiary/aromatic N) is 1. The van der Waals surface area contributed by atoms with Gasteiger partial charge in [0.15, 0.2) is 5.11 Å². The fourth-order valence-electron chi connectivity index (χ4n) is 1.86. The van der Waals surface area contributed by atoms with Crippen molar-refractivity contribution in [3.63, 3.8) is 0 Å². The maximum atomic E-state index is 12.3. The Morgan fingerprint density at radius 1 is 1.15 bits per heavy atom. The SMILES string of the molecule is Cc1ccc(S(=O)(=O)NNC(=S)Nc2ccc(Cl)c(Cl)c2)cc1[N+](=O)[O-]. The zero-order valence-corrected chi connectivity index (χ0v) is 16.3. The number of anilines is 1. The molecule has 0 unspecified atom stereocenters. The third-order valence-corrected chi connectivity index (χ3v) is 5.35. The maximum absolute atomic E-state index is 12.3. The number of aryl methyl sites for hydroxylation is 1. The topological polar surface area (TPSA) is 113 Å². The van der Waals surface area contributed by atoms with Crippen LogP contribution in [0.4, 0.5) is 11.4 Å². The van der Waals surface area contributed by atoms with Crippen LogP contribution in [-0.4, -0.2) is 18.5 Å². The van der Waals surface area contributed by atoms with Crippen molar-refractivity contribution in [1.29, 1.82) is 0 Å². The molecule has 0 aliphatic carbocycles. The average Bonchev–Trinajstić information content (AvgIpc) is 2.56. The van der Waals surface area contributed by atoms with E-state index in [2.05, 4.69) is 10.7 Å².